The quantitative estimate of drug-likeness (QED) is 0.0140. The second-order valence-corrected chi connectivity index (χ2v) is 25.1. The highest BCUT2D eigenvalue weighted by molar-refractivity contribution is 5.98. The van der Waals surface area contributed by atoms with Crippen LogP contribution in [0.3, 0.4) is 0 Å². The number of carbonyl (C=O) groups is 5. The molecule has 27 heteroatoms. The van der Waals surface area contributed by atoms with Gasteiger partial charge in [0.1, 0.15) is 50.1 Å². The van der Waals surface area contributed by atoms with Crippen molar-refractivity contribution in [3.63, 3.8) is 0 Å². The van der Waals surface area contributed by atoms with Crippen LogP contribution in [0.2, 0.25) is 0 Å². The predicted molar refractivity (Wildman–Crippen MR) is 367 cm³/mol. The van der Waals surface area contributed by atoms with E-state index in [2.05, 4.69) is 21.3 Å². The molecule has 0 saturated heterocycles. The van der Waals surface area contributed by atoms with E-state index in [1.54, 1.807) is 59.1 Å². The molecule has 10 rings (SSSR count). The van der Waals surface area contributed by atoms with Gasteiger partial charge in [-0.05, 0) is 96.2 Å². The molecule has 2 aliphatic heterocycles. The van der Waals surface area contributed by atoms with Crippen LogP contribution in [0.5, 0.6) is 5.75 Å². The second kappa shape index (κ2) is 36.4. The maximum atomic E-state index is 15.7. The predicted octanol–water partition coefficient (Wildman–Crippen LogP) is 7.61. The third-order valence-corrected chi connectivity index (χ3v) is 18.2. The highest BCUT2D eigenvalue weighted by Gasteiger charge is 2.46. The van der Waals surface area contributed by atoms with Gasteiger partial charge >= 0.3 is 18.2 Å². The van der Waals surface area contributed by atoms with Crippen LogP contribution >= 0.6 is 0 Å². The summed E-state index contributed by atoms with van der Waals surface area (Å²) in [7, 11) is 1.63. The zero-order valence-electron chi connectivity index (χ0n) is 58.0. The topological polar surface area (TPSA) is 309 Å². The number of nitrogens with one attached hydrogen (secondary N) is 4. The Morgan fingerprint density at radius 3 is 1.84 bits per heavy atom. The molecular formula is C74H91FN6O20. The van der Waals surface area contributed by atoms with Gasteiger partial charge in [0, 0.05) is 52.9 Å². The first-order chi connectivity index (χ1) is 49.0. The number of esters is 1. The van der Waals surface area contributed by atoms with Crippen LogP contribution in [-0.2, 0) is 103 Å². The molecule has 4 aromatic carbocycles. The first kappa shape index (κ1) is 75.2. The number of carbonyl (C=O) groups excluding carboxylic acids is 5. The van der Waals surface area contributed by atoms with Gasteiger partial charge in [-0.2, -0.15) is 0 Å². The lowest BCUT2D eigenvalue weighted by molar-refractivity contribution is -0.172. The molecule has 4 atom stereocenters. The highest BCUT2D eigenvalue weighted by atomic mass is 19.1. The van der Waals surface area contributed by atoms with Crippen LogP contribution in [0, 0.1) is 18.7 Å². The maximum Gasteiger partial charge on any atom is 0.407 e. The molecule has 5 N–H and O–H groups in total. The summed E-state index contributed by atoms with van der Waals surface area (Å²) in [5, 5.41) is 23.5. The van der Waals surface area contributed by atoms with E-state index in [9.17, 15) is 33.9 Å². The standard InChI is InChI=1S/C74H91FN6O20/c1-7-74(88)58-39-62-67-55(41-81(62)70(84)57(58)44-99-71(74)85)65-60(19-18-50-46(4)59(75)40-61(78-67)64(50)65)79-72(86)100-42-48-16-17-49(38-63(48)98-37-36-97-35-34-96-33-32-95-31-30-94-29-28-93-27-26-92-25-24-91-23-22-90-21-20-89-6)77-68(82)47(5)76-69(83)66(45(2)3)80-73(87)101-43-56-53-14-10-8-12-51(53)52-13-9-11-15-54(52)56/h8-17,38-40,45,47,56,60,66,88H,7,18-37,41-44H2,1-6H3,(H,76,83)(H,77,82)(H,79,86)(H,80,87)/t47-,60-,66-,74-/m0/s1. The number of hydrogen-bond acceptors (Lipinski definition) is 21. The Kier molecular flexibility index (Phi) is 27.1. The number of rotatable bonds is 40. The number of methoxy groups -OCH3 is 1. The summed E-state index contributed by atoms with van der Waals surface area (Å²) in [6.07, 6.45) is -0.922. The molecule has 26 nitrogen and oxygen atoms in total. The molecule has 0 unspecified atom stereocenters. The lowest BCUT2D eigenvalue weighted by Gasteiger charge is -2.31. The number of hydrogen-bond donors (Lipinski definition) is 5. The van der Waals surface area contributed by atoms with E-state index < -0.39 is 65.1 Å². The lowest BCUT2D eigenvalue weighted by atomic mass is 9.81. The molecule has 0 bridgehead atoms. The summed E-state index contributed by atoms with van der Waals surface area (Å²) in [6.45, 7) is 14.7. The average Bonchev–Trinajstić information content (AvgIpc) is 1.61. The van der Waals surface area contributed by atoms with E-state index in [0.717, 1.165) is 27.8 Å². The van der Waals surface area contributed by atoms with Crippen molar-refractivity contribution < 1.29 is 95.0 Å². The number of fused-ring (bicyclic) bond motifs is 8. The van der Waals surface area contributed by atoms with Crippen molar-refractivity contribution in [1.29, 1.82) is 0 Å². The van der Waals surface area contributed by atoms with E-state index >= 15 is 4.39 Å². The Morgan fingerprint density at radius 1 is 0.693 bits per heavy atom. The van der Waals surface area contributed by atoms with Crippen LogP contribution in [0.25, 0.3) is 33.4 Å². The van der Waals surface area contributed by atoms with Gasteiger partial charge in [-0.25, -0.2) is 23.8 Å². The van der Waals surface area contributed by atoms with Gasteiger partial charge in [-0.15, -0.1) is 0 Å². The third kappa shape index (κ3) is 18.6. The van der Waals surface area contributed by atoms with Gasteiger partial charge in [0.2, 0.25) is 11.8 Å². The monoisotopic (exact) mass is 1400 g/mol. The zero-order valence-corrected chi connectivity index (χ0v) is 58.0. The van der Waals surface area contributed by atoms with Crippen molar-refractivity contribution in [3.8, 4) is 28.3 Å². The Bertz CT molecular complexity index is 3900. The number of amides is 4. The van der Waals surface area contributed by atoms with E-state index in [-0.39, 0.29) is 93.6 Å². The minimum Gasteiger partial charge on any atom is -0.491 e. The number of aryl methyl sites for hydroxylation is 1. The zero-order chi connectivity index (χ0) is 71.4. The second-order valence-electron chi connectivity index (χ2n) is 25.1. The number of anilines is 1. The fraction of sp³-hybridized carbons (Fsp3) is 0.500. The number of cyclic esters (lactones) is 1. The lowest BCUT2D eigenvalue weighted by Crippen LogP contribution is -2.53. The van der Waals surface area contributed by atoms with E-state index in [0.29, 0.717) is 150 Å². The summed E-state index contributed by atoms with van der Waals surface area (Å²) in [5.74, 6) is -2.87. The molecule has 0 spiro atoms. The molecular weight excluding hydrogens is 1310 g/mol. The van der Waals surface area contributed by atoms with Crippen molar-refractivity contribution >= 4 is 46.6 Å². The molecule has 4 aliphatic rings. The maximum absolute atomic E-state index is 15.7. The summed E-state index contributed by atoms with van der Waals surface area (Å²) in [4.78, 5) is 87.3. The normalized spacial score (nSPS) is 16.2. The number of halogens is 1. The summed E-state index contributed by atoms with van der Waals surface area (Å²) >= 11 is 0. The first-order valence-corrected chi connectivity index (χ1v) is 34.3. The van der Waals surface area contributed by atoms with Gasteiger partial charge in [0.25, 0.3) is 5.56 Å². The number of aromatic nitrogens is 2. The van der Waals surface area contributed by atoms with Gasteiger partial charge in [-0.3, -0.25) is 14.4 Å². The number of ether oxygens (including phenoxy) is 13. The molecule has 101 heavy (non-hydrogen) atoms. The Hall–Kier alpha value is -8.48. The molecule has 2 aliphatic carbocycles. The van der Waals surface area contributed by atoms with E-state index in [1.165, 1.54) is 17.6 Å². The van der Waals surface area contributed by atoms with Crippen LogP contribution < -0.4 is 31.6 Å². The van der Waals surface area contributed by atoms with Gasteiger partial charge < -0.3 is 92.5 Å². The van der Waals surface area contributed by atoms with Gasteiger partial charge in [-0.1, -0.05) is 69.3 Å². The minimum absolute atomic E-state index is 0.0287. The minimum atomic E-state index is -2.07. The molecule has 0 radical (unpaired) electrons. The molecule has 2 aromatic heterocycles. The van der Waals surface area contributed by atoms with Crippen LogP contribution in [-0.4, -0.2) is 189 Å². The van der Waals surface area contributed by atoms with Crippen molar-refractivity contribution in [2.45, 2.75) is 103 Å². The Morgan fingerprint density at radius 2 is 1.27 bits per heavy atom. The van der Waals surface area contributed by atoms with Crippen LogP contribution in [0.4, 0.5) is 19.7 Å². The van der Waals surface area contributed by atoms with Crippen LogP contribution in [0.15, 0.2) is 83.7 Å². The van der Waals surface area contributed by atoms with Gasteiger partial charge in [0.15, 0.2) is 5.60 Å². The van der Waals surface area contributed by atoms with E-state index in [4.69, 9.17) is 66.6 Å². The van der Waals surface area contributed by atoms with E-state index in [1.807, 2.05) is 48.5 Å². The molecule has 544 valence electrons. The number of nitrogens with zero attached hydrogens (tertiary/aromatic N) is 2. The van der Waals surface area contributed by atoms with Crippen molar-refractivity contribution in [1.82, 2.24) is 25.5 Å². The largest absolute Gasteiger partial charge is 0.491 e. The fourth-order valence-corrected chi connectivity index (χ4v) is 12.8. The smallest absolute Gasteiger partial charge is 0.407 e. The van der Waals surface area contributed by atoms with Crippen molar-refractivity contribution in [2.24, 2.45) is 5.92 Å². The summed E-state index contributed by atoms with van der Waals surface area (Å²) < 4.78 is 89.8. The average molecular weight is 1400 g/mol. The molecule has 4 amide bonds. The number of pyridine rings is 2. The van der Waals surface area contributed by atoms with Crippen molar-refractivity contribution in [3.05, 3.63) is 145 Å². The molecule has 0 saturated carbocycles. The van der Waals surface area contributed by atoms with Crippen molar-refractivity contribution in [2.75, 3.05) is 138 Å². The molecule has 4 heterocycles. The highest BCUT2D eigenvalue weighted by Crippen LogP contribution is 2.47. The molecule has 0 fully saturated rings. The summed E-state index contributed by atoms with van der Waals surface area (Å²) in [6, 6.07) is 20.8. The Labute approximate surface area is 585 Å². The van der Waals surface area contributed by atoms with Crippen LogP contribution in [0.1, 0.15) is 103 Å². The van der Waals surface area contributed by atoms with Gasteiger partial charge in [0.05, 0.1) is 147 Å². The number of alkyl carbamates (subject to hydrolysis) is 2. The Balaban J connectivity index is 0.722. The first-order valence-electron chi connectivity index (χ1n) is 34.3. The molecule has 6 aromatic rings. The number of aliphatic hydroxyl groups is 1. The fourth-order valence-electron chi connectivity index (χ4n) is 12.8. The summed E-state index contributed by atoms with van der Waals surface area (Å²) in [5.41, 5.74) is 6.05. The number of benzene rings is 4. The third-order valence-electron chi connectivity index (χ3n) is 18.2. The SMILES string of the molecule is CC[C@@]1(O)C(=O)OCc2c1cc1n(c2=O)Cc2c-1nc1cc(F)c(C)c3c1c2[C@@H](NC(=O)OCc1ccc(NC(=O)[C@H](C)NC(=O)[C@@H](NC(=O)OCC2c4ccccc4-c4ccccc42)C(C)C)cc1OCCOCCOCCOCCOCCOCCOCCOCCOCCOC)CC3.